The lowest BCUT2D eigenvalue weighted by Gasteiger charge is -2.05. The summed E-state index contributed by atoms with van der Waals surface area (Å²) >= 11 is 1.39. The molecule has 1 aromatic rings. The van der Waals surface area contributed by atoms with Crippen molar-refractivity contribution < 1.29 is 4.79 Å². The first-order chi connectivity index (χ1) is 6.29. The highest BCUT2D eigenvalue weighted by atomic mass is 32.1. The Morgan fingerprint density at radius 3 is 3.00 bits per heavy atom. The molecule has 0 saturated carbocycles. The van der Waals surface area contributed by atoms with Gasteiger partial charge in [-0.2, -0.15) is 5.26 Å². The molecule has 2 heterocycles. The predicted molar refractivity (Wildman–Crippen MR) is 47.9 cm³/mol. The first-order valence-electron chi connectivity index (χ1n) is 3.82. The zero-order chi connectivity index (χ0) is 9.26. The zero-order valence-electron chi connectivity index (χ0n) is 6.70. The summed E-state index contributed by atoms with van der Waals surface area (Å²) in [5.41, 5.74) is 0. The Hall–Kier alpha value is -1.38. The third kappa shape index (κ3) is 1.54. The summed E-state index contributed by atoms with van der Waals surface area (Å²) in [7, 11) is 0. The van der Waals surface area contributed by atoms with Crippen molar-refractivity contribution in [2.75, 3.05) is 6.54 Å². The van der Waals surface area contributed by atoms with Gasteiger partial charge in [0.15, 0.2) is 0 Å². The van der Waals surface area contributed by atoms with E-state index in [1.807, 2.05) is 6.07 Å². The third-order valence-electron chi connectivity index (χ3n) is 1.79. The molecule has 1 unspecified atom stereocenters. The van der Waals surface area contributed by atoms with Crippen molar-refractivity contribution in [2.24, 2.45) is 0 Å². The van der Waals surface area contributed by atoms with E-state index in [2.05, 4.69) is 16.7 Å². The maximum absolute atomic E-state index is 10.9. The molecule has 4 nitrogen and oxygen atoms in total. The fourth-order valence-electron chi connectivity index (χ4n) is 1.20. The predicted octanol–water partition coefficient (Wildman–Crippen LogP) is 0.338. The maximum atomic E-state index is 10.9. The number of carbonyl (C=O) groups excluding carboxylic acids is 1. The van der Waals surface area contributed by atoms with Gasteiger partial charge in [0.25, 0.3) is 0 Å². The quantitative estimate of drug-likeness (QED) is 0.676. The summed E-state index contributed by atoms with van der Waals surface area (Å²) < 4.78 is 0. The molecular formula is C8H7N3OS. The molecule has 2 N–H and O–H groups in total. The minimum Gasteiger partial charge on any atom is -0.335 e. The van der Waals surface area contributed by atoms with Crippen molar-refractivity contribution in [3.8, 4) is 6.07 Å². The van der Waals surface area contributed by atoms with Crippen molar-refractivity contribution in [3.63, 3.8) is 0 Å². The molecule has 66 valence electrons. The van der Waals surface area contributed by atoms with Gasteiger partial charge in [0.05, 0.1) is 6.54 Å². The van der Waals surface area contributed by atoms with E-state index in [1.54, 1.807) is 6.07 Å². The molecule has 1 aromatic heterocycles. The number of nitrogens with zero attached hydrogens (tertiary/aromatic N) is 1. The first kappa shape index (κ1) is 8.23. The average Bonchev–Trinajstić information content (AvgIpc) is 2.71. The summed E-state index contributed by atoms with van der Waals surface area (Å²) in [4.78, 5) is 12.5. The van der Waals surface area contributed by atoms with Crippen LogP contribution in [0.5, 0.6) is 0 Å². The second-order valence-corrected chi connectivity index (χ2v) is 3.81. The number of nitrogens with one attached hydrogen (secondary N) is 2. The van der Waals surface area contributed by atoms with Gasteiger partial charge >= 0.3 is 0 Å². The van der Waals surface area contributed by atoms with Crippen LogP contribution in [0.3, 0.4) is 0 Å². The van der Waals surface area contributed by atoms with Gasteiger partial charge in [0, 0.05) is 4.88 Å². The van der Waals surface area contributed by atoms with Crippen LogP contribution in [-0.2, 0) is 4.79 Å². The number of nitriles is 1. The van der Waals surface area contributed by atoms with Gasteiger partial charge in [0.1, 0.15) is 17.1 Å². The summed E-state index contributed by atoms with van der Waals surface area (Å²) in [5, 5.41) is 14.4. The van der Waals surface area contributed by atoms with Crippen molar-refractivity contribution in [2.45, 2.75) is 6.17 Å². The molecule has 1 amide bonds. The smallest absolute Gasteiger partial charge is 0.235 e. The second-order valence-electron chi connectivity index (χ2n) is 2.70. The SMILES string of the molecule is N#Cc1ccc(C2NCC(=O)N2)s1. The Balaban J connectivity index is 2.18. The Morgan fingerprint density at radius 2 is 2.46 bits per heavy atom. The molecule has 1 fully saturated rings. The van der Waals surface area contributed by atoms with Gasteiger partial charge in [-0.25, -0.2) is 0 Å². The second kappa shape index (κ2) is 3.17. The topological polar surface area (TPSA) is 64.9 Å². The van der Waals surface area contributed by atoms with Crippen LogP contribution < -0.4 is 10.6 Å². The van der Waals surface area contributed by atoms with E-state index in [0.717, 1.165) is 4.88 Å². The molecular weight excluding hydrogens is 186 g/mol. The maximum Gasteiger partial charge on any atom is 0.235 e. The Morgan fingerprint density at radius 1 is 1.62 bits per heavy atom. The summed E-state index contributed by atoms with van der Waals surface area (Å²) in [6, 6.07) is 5.67. The van der Waals surface area contributed by atoms with E-state index in [1.165, 1.54) is 11.3 Å². The van der Waals surface area contributed by atoms with Crippen LogP contribution in [0.2, 0.25) is 0 Å². The summed E-state index contributed by atoms with van der Waals surface area (Å²) in [6.07, 6.45) is -0.111. The highest BCUT2D eigenvalue weighted by molar-refractivity contribution is 7.12. The minimum absolute atomic E-state index is 0.00286. The van der Waals surface area contributed by atoms with Crippen molar-refractivity contribution in [3.05, 3.63) is 21.9 Å². The normalized spacial score (nSPS) is 21.2. The van der Waals surface area contributed by atoms with Crippen LogP contribution >= 0.6 is 11.3 Å². The molecule has 13 heavy (non-hydrogen) atoms. The molecule has 0 radical (unpaired) electrons. The van der Waals surface area contributed by atoms with E-state index in [-0.39, 0.29) is 12.1 Å². The number of carbonyl (C=O) groups is 1. The number of rotatable bonds is 1. The lowest BCUT2D eigenvalue weighted by Crippen LogP contribution is -2.21. The van der Waals surface area contributed by atoms with Crippen LogP contribution in [-0.4, -0.2) is 12.5 Å². The number of hydrogen-bond donors (Lipinski definition) is 2. The molecule has 0 aromatic carbocycles. The standard InChI is InChI=1S/C8H7N3OS/c9-3-5-1-2-6(13-5)8-10-4-7(12)11-8/h1-2,8,10H,4H2,(H,11,12). The van der Waals surface area contributed by atoms with Gasteiger partial charge in [-0.1, -0.05) is 0 Å². The summed E-state index contributed by atoms with van der Waals surface area (Å²) in [6.45, 7) is 0.352. The Kier molecular flexibility index (Phi) is 2.00. The monoisotopic (exact) mass is 193 g/mol. The van der Waals surface area contributed by atoms with Crippen LogP contribution in [0, 0.1) is 11.3 Å². The lowest BCUT2D eigenvalue weighted by molar-refractivity contribution is -0.118. The fourth-order valence-corrected chi connectivity index (χ4v) is 2.03. The van der Waals surface area contributed by atoms with Crippen LogP contribution in [0.1, 0.15) is 15.9 Å². The van der Waals surface area contributed by atoms with Crippen LogP contribution in [0.15, 0.2) is 12.1 Å². The van der Waals surface area contributed by atoms with Gasteiger partial charge in [-0.05, 0) is 12.1 Å². The summed E-state index contributed by atoms with van der Waals surface area (Å²) in [5.74, 6) is -0.00286. The molecule has 1 aliphatic heterocycles. The lowest BCUT2D eigenvalue weighted by atomic mass is 10.4. The van der Waals surface area contributed by atoms with Gasteiger partial charge in [-0.15, -0.1) is 11.3 Å². The molecule has 1 atom stereocenters. The zero-order valence-corrected chi connectivity index (χ0v) is 7.52. The van der Waals surface area contributed by atoms with Crippen molar-refractivity contribution >= 4 is 17.2 Å². The molecule has 1 saturated heterocycles. The molecule has 0 bridgehead atoms. The minimum atomic E-state index is -0.111. The third-order valence-corrected chi connectivity index (χ3v) is 2.85. The van der Waals surface area contributed by atoms with E-state index in [9.17, 15) is 4.79 Å². The Labute approximate surface area is 79.2 Å². The molecule has 5 heteroatoms. The van der Waals surface area contributed by atoms with Crippen molar-refractivity contribution in [1.82, 2.24) is 10.6 Å². The van der Waals surface area contributed by atoms with Gasteiger partial charge in [0.2, 0.25) is 5.91 Å². The largest absolute Gasteiger partial charge is 0.335 e. The van der Waals surface area contributed by atoms with Crippen LogP contribution in [0.25, 0.3) is 0 Å². The molecule has 2 rings (SSSR count). The number of amides is 1. The number of thiophene rings is 1. The molecule has 0 aliphatic carbocycles. The van der Waals surface area contributed by atoms with E-state index in [0.29, 0.717) is 11.4 Å². The van der Waals surface area contributed by atoms with Gasteiger partial charge in [-0.3, -0.25) is 10.1 Å². The Bertz CT molecular complexity index is 379. The van der Waals surface area contributed by atoms with E-state index < -0.39 is 0 Å². The van der Waals surface area contributed by atoms with E-state index >= 15 is 0 Å². The van der Waals surface area contributed by atoms with Crippen LogP contribution in [0.4, 0.5) is 0 Å². The first-order valence-corrected chi connectivity index (χ1v) is 4.64. The van der Waals surface area contributed by atoms with E-state index in [4.69, 9.17) is 5.26 Å². The number of hydrogen-bond acceptors (Lipinski definition) is 4. The fraction of sp³-hybridized carbons (Fsp3) is 0.250. The average molecular weight is 193 g/mol. The van der Waals surface area contributed by atoms with Gasteiger partial charge < -0.3 is 5.32 Å². The highest BCUT2D eigenvalue weighted by Crippen LogP contribution is 2.22. The molecule has 0 spiro atoms. The highest BCUT2D eigenvalue weighted by Gasteiger charge is 2.22. The van der Waals surface area contributed by atoms with Crippen molar-refractivity contribution in [1.29, 1.82) is 5.26 Å². The molecule has 1 aliphatic rings.